The molecule has 2 heterocycles. The number of phenols is 3. The van der Waals surface area contributed by atoms with Crippen LogP contribution in [0.5, 0.6) is 23.0 Å². The molecule has 2 aliphatic carbocycles. The van der Waals surface area contributed by atoms with Crippen LogP contribution >= 0.6 is 0 Å². The van der Waals surface area contributed by atoms with Gasteiger partial charge in [-0.05, 0) is 56.6 Å². The first-order chi connectivity index (χ1) is 28.3. The zero-order valence-electron chi connectivity index (χ0n) is 32.6. The fourth-order valence-electron chi connectivity index (χ4n) is 8.30. The second kappa shape index (κ2) is 16.0. The van der Waals surface area contributed by atoms with Gasteiger partial charge in [0.25, 0.3) is 5.91 Å². The van der Waals surface area contributed by atoms with Crippen molar-refractivity contribution in [2.24, 2.45) is 0 Å². The molecule has 2 saturated heterocycles. The number of hydrogen-bond acceptors (Lipinski definition) is 18. The molecular weight excluding hydrogens is 796 g/mol. The van der Waals surface area contributed by atoms with Crippen molar-refractivity contribution in [2.45, 2.75) is 94.3 Å². The SMILES string of the molecule is CN[C@@H]1[C@H](O[C@@H]2OC[C@@H](O)[C@H](O)[C@H]2O)[C@@H](O)[C@H](O[C@H]2c3cc(C)c(C(=O)N[C@H](C)C(=O)O)c(O)c3-c3c(cc4c(c3O)C(=O)c3cc(OC)cc(O)c3C4=O)[C@@H]2O)O[C@@H]1C. The number of aromatic hydroxyl groups is 3. The van der Waals surface area contributed by atoms with Crippen LogP contribution < -0.4 is 15.4 Å². The standard InChI is InChI=1S/C40H44N2O18/c1-11-6-18-24(31(49)21(11)37(53)42-12(2)38(54)55)23-16(9-17-25(32(23)50)28(46)15-7-14(56-5)8-19(43)22(15)27(17)45)29(47)35(18)59-40-34(52)36(26(41-4)13(3)58-40)60-39-33(51)30(48)20(44)10-57-39/h6-9,12-13,20,26,29-30,33-36,39-41,43-44,47-52H,10H2,1-5H3,(H,42,53)(H,54,55)/t12-,13-,20-,26+,29+,30+,33-,34-,35+,36+,39+,40+/m1/s1. The number of phenolic OH excluding ortho intramolecular Hbond substituents is 3. The number of benzene rings is 3. The lowest BCUT2D eigenvalue weighted by molar-refractivity contribution is -0.339. The van der Waals surface area contributed by atoms with Crippen molar-refractivity contribution in [1.29, 1.82) is 0 Å². The third-order valence-electron chi connectivity index (χ3n) is 11.4. The molecule has 0 bridgehead atoms. The Labute approximate surface area is 340 Å². The maximum absolute atomic E-state index is 14.1. The predicted molar refractivity (Wildman–Crippen MR) is 201 cm³/mol. The summed E-state index contributed by atoms with van der Waals surface area (Å²) in [7, 11) is 2.80. The number of carbonyl (C=O) groups is 4. The zero-order chi connectivity index (χ0) is 43.8. The van der Waals surface area contributed by atoms with Crippen molar-refractivity contribution >= 4 is 23.4 Å². The van der Waals surface area contributed by atoms with Crippen LogP contribution in [0.4, 0.5) is 0 Å². The molecule has 4 aliphatic rings. The van der Waals surface area contributed by atoms with E-state index in [2.05, 4.69) is 10.6 Å². The maximum Gasteiger partial charge on any atom is 0.325 e. The van der Waals surface area contributed by atoms with Crippen molar-refractivity contribution in [2.75, 3.05) is 20.8 Å². The number of likely N-dealkylation sites (N-methyl/N-ethyl adjacent to an activating group) is 1. The number of carboxylic acids is 1. The predicted octanol–water partition coefficient (Wildman–Crippen LogP) is -0.612. The number of aliphatic hydroxyl groups is 5. The number of ketones is 2. The topological polar surface area (TPSA) is 321 Å². The van der Waals surface area contributed by atoms with E-state index in [1.54, 1.807) is 6.92 Å². The van der Waals surface area contributed by atoms with Gasteiger partial charge in [-0.3, -0.25) is 19.2 Å². The van der Waals surface area contributed by atoms with E-state index in [-0.39, 0.29) is 33.6 Å². The quantitative estimate of drug-likeness (QED) is 0.100. The number of aliphatic carboxylic acids is 1. The van der Waals surface area contributed by atoms with Gasteiger partial charge < -0.3 is 80.3 Å². The molecule has 3 aromatic carbocycles. The summed E-state index contributed by atoms with van der Waals surface area (Å²) in [4.78, 5) is 53.3. The average molecular weight is 841 g/mol. The summed E-state index contributed by atoms with van der Waals surface area (Å²) in [6.45, 7) is 3.76. The Morgan fingerprint density at radius 3 is 2.13 bits per heavy atom. The van der Waals surface area contributed by atoms with Crippen LogP contribution in [0.3, 0.4) is 0 Å². The van der Waals surface area contributed by atoms with Crippen LogP contribution in [-0.4, -0.2) is 151 Å². The minimum absolute atomic E-state index is 0.0161. The van der Waals surface area contributed by atoms with E-state index in [9.17, 15) is 65.1 Å². The molecule has 20 heteroatoms. The number of amides is 1. The Bertz CT molecular complexity index is 2280. The van der Waals surface area contributed by atoms with Gasteiger partial charge in [0.2, 0.25) is 0 Å². The van der Waals surface area contributed by atoms with Crippen LogP contribution in [0.1, 0.15) is 84.9 Å². The average Bonchev–Trinajstić information content (AvgIpc) is 3.19. The molecule has 20 nitrogen and oxygen atoms in total. The van der Waals surface area contributed by atoms with Gasteiger partial charge in [0, 0.05) is 28.3 Å². The number of carbonyl (C=O) groups excluding carboxylic acids is 3. The summed E-state index contributed by atoms with van der Waals surface area (Å²) >= 11 is 0. The van der Waals surface area contributed by atoms with Crippen LogP contribution in [0.2, 0.25) is 0 Å². The van der Waals surface area contributed by atoms with Gasteiger partial charge in [0.1, 0.15) is 71.8 Å². The van der Waals surface area contributed by atoms with Gasteiger partial charge in [-0.2, -0.15) is 0 Å². The van der Waals surface area contributed by atoms with Gasteiger partial charge >= 0.3 is 5.97 Å². The second-order valence-corrected chi connectivity index (χ2v) is 15.1. The van der Waals surface area contributed by atoms with Gasteiger partial charge in [-0.15, -0.1) is 0 Å². The summed E-state index contributed by atoms with van der Waals surface area (Å²) in [6, 6.07) is 2.44. The van der Waals surface area contributed by atoms with Crippen molar-refractivity contribution in [3.63, 3.8) is 0 Å². The number of carboxylic acid groups (broad SMARTS) is 1. The molecule has 7 rings (SSSR count). The Morgan fingerprint density at radius 2 is 1.48 bits per heavy atom. The molecule has 2 aliphatic heterocycles. The molecule has 0 aromatic heterocycles. The number of rotatable bonds is 9. The first-order valence-corrected chi connectivity index (χ1v) is 18.8. The molecule has 60 heavy (non-hydrogen) atoms. The van der Waals surface area contributed by atoms with Crippen molar-refractivity contribution in [3.8, 4) is 34.1 Å². The molecule has 0 saturated carbocycles. The van der Waals surface area contributed by atoms with Crippen LogP contribution in [0, 0.1) is 6.92 Å². The molecule has 11 N–H and O–H groups in total. The van der Waals surface area contributed by atoms with Crippen molar-refractivity contribution in [3.05, 3.63) is 68.8 Å². The van der Waals surface area contributed by atoms with E-state index in [4.69, 9.17) is 23.7 Å². The first-order valence-electron chi connectivity index (χ1n) is 18.8. The molecule has 12 atom stereocenters. The highest BCUT2D eigenvalue weighted by Crippen LogP contribution is 2.57. The lowest BCUT2D eigenvalue weighted by Gasteiger charge is -2.47. The Hall–Kier alpha value is -5.26. The Morgan fingerprint density at radius 1 is 0.833 bits per heavy atom. The summed E-state index contributed by atoms with van der Waals surface area (Å²) in [5.74, 6) is -6.63. The lowest BCUT2D eigenvalue weighted by atomic mass is 9.74. The number of hydrogen-bond donors (Lipinski definition) is 11. The number of methoxy groups -OCH3 is 1. The van der Waals surface area contributed by atoms with Crippen molar-refractivity contribution in [1.82, 2.24) is 10.6 Å². The molecule has 0 radical (unpaired) electrons. The normalized spacial score (nSPS) is 30.1. The maximum atomic E-state index is 14.1. The largest absolute Gasteiger partial charge is 0.507 e. The lowest BCUT2D eigenvalue weighted by Crippen LogP contribution is -2.65. The first kappa shape index (κ1) is 42.8. The fourth-order valence-corrected chi connectivity index (χ4v) is 8.30. The third-order valence-corrected chi connectivity index (χ3v) is 11.4. The van der Waals surface area contributed by atoms with E-state index >= 15 is 0 Å². The molecule has 1 amide bonds. The number of ether oxygens (including phenoxy) is 5. The fraction of sp³-hybridized carbons (Fsp3) is 0.450. The van der Waals surface area contributed by atoms with Crippen LogP contribution in [0.15, 0.2) is 24.3 Å². The highest BCUT2D eigenvalue weighted by Gasteiger charge is 2.51. The minimum Gasteiger partial charge on any atom is -0.507 e. The number of aryl methyl sites for hydroxylation is 1. The molecule has 3 aromatic rings. The molecule has 322 valence electrons. The van der Waals surface area contributed by atoms with Gasteiger partial charge in [-0.25, -0.2) is 0 Å². The van der Waals surface area contributed by atoms with E-state index < -0.39 is 149 Å². The summed E-state index contributed by atoms with van der Waals surface area (Å²) in [5.41, 5.74) is -3.36. The van der Waals surface area contributed by atoms with Gasteiger partial charge in [0.05, 0.1) is 42.6 Å². The van der Waals surface area contributed by atoms with E-state index in [1.165, 1.54) is 40.1 Å². The van der Waals surface area contributed by atoms with Crippen LogP contribution in [-0.2, 0) is 23.7 Å². The smallest absolute Gasteiger partial charge is 0.325 e. The summed E-state index contributed by atoms with van der Waals surface area (Å²) in [6.07, 6.45) is -15.5. The molecule has 2 fully saturated rings. The molecule has 0 spiro atoms. The Kier molecular flexibility index (Phi) is 11.4. The highest BCUT2D eigenvalue weighted by molar-refractivity contribution is 6.31. The number of nitrogens with one attached hydrogen (secondary N) is 2. The number of aliphatic hydroxyl groups excluding tert-OH is 5. The molecule has 0 unspecified atom stereocenters. The van der Waals surface area contributed by atoms with Crippen molar-refractivity contribution < 1.29 is 88.8 Å². The second-order valence-electron chi connectivity index (χ2n) is 15.1. The van der Waals surface area contributed by atoms with E-state index in [1.807, 2.05) is 0 Å². The summed E-state index contributed by atoms with van der Waals surface area (Å²) < 4.78 is 28.9. The third kappa shape index (κ3) is 6.83. The Balaban J connectivity index is 1.37. The summed E-state index contributed by atoms with van der Waals surface area (Å²) in [5, 5.41) is 104. The highest BCUT2D eigenvalue weighted by atomic mass is 16.7. The minimum atomic E-state index is -1.89. The van der Waals surface area contributed by atoms with Crippen LogP contribution in [0.25, 0.3) is 11.1 Å². The molecular formula is C40H44N2O18. The zero-order valence-corrected chi connectivity index (χ0v) is 32.6. The monoisotopic (exact) mass is 840 g/mol. The van der Waals surface area contributed by atoms with E-state index in [0.717, 1.165) is 12.1 Å². The van der Waals surface area contributed by atoms with Gasteiger partial charge in [0.15, 0.2) is 24.1 Å². The van der Waals surface area contributed by atoms with E-state index in [0.29, 0.717) is 0 Å². The van der Waals surface area contributed by atoms with Gasteiger partial charge in [-0.1, -0.05) is 6.07 Å². The number of fused-ring (bicyclic) bond motifs is 5.